The molecule has 4 heterocycles. The smallest absolute Gasteiger partial charge is 0.294 e. The molecule has 4 aromatic rings. The summed E-state index contributed by atoms with van der Waals surface area (Å²) in [7, 11) is -21.1. The normalized spacial score (nSPS) is 16.9. The van der Waals surface area contributed by atoms with E-state index in [-0.39, 0.29) is 55.0 Å². The van der Waals surface area contributed by atoms with Crippen molar-refractivity contribution in [3.8, 4) is 0 Å². The average molecular weight is 1130 g/mol. The number of aromatic nitrogens is 3. The Morgan fingerprint density at radius 2 is 1.52 bits per heavy atom. The van der Waals surface area contributed by atoms with Crippen LogP contribution in [0.15, 0.2) is 104 Å². The number of anilines is 1. The number of amides is 2. The Labute approximate surface area is 425 Å². The van der Waals surface area contributed by atoms with E-state index in [4.69, 9.17) is 5.14 Å². The first-order valence-corrected chi connectivity index (χ1v) is 30.1. The number of allylic oxidation sites excluding steroid dienone is 6. The molecule has 0 saturated carbocycles. The van der Waals surface area contributed by atoms with Gasteiger partial charge in [-0.25, -0.2) is 26.7 Å². The number of fused-ring (bicyclic) bond motifs is 2. The summed E-state index contributed by atoms with van der Waals surface area (Å²) < 4.78 is 163. The summed E-state index contributed by atoms with van der Waals surface area (Å²) in [4.78, 5) is 35.2. The van der Waals surface area contributed by atoms with E-state index in [9.17, 15) is 69.9 Å². The molecule has 6 rings (SSSR count). The van der Waals surface area contributed by atoms with Crippen LogP contribution in [-0.4, -0.2) is 128 Å². The summed E-state index contributed by atoms with van der Waals surface area (Å²) in [6, 6.07) is 10.8. The quantitative estimate of drug-likeness (QED) is 0.0510. The number of rotatable bonds is 19. The summed E-state index contributed by atoms with van der Waals surface area (Å²) in [5.41, 5.74) is 1.41. The van der Waals surface area contributed by atoms with Gasteiger partial charge in [0.05, 0.1) is 42.3 Å². The van der Waals surface area contributed by atoms with Crippen molar-refractivity contribution >= 4 is 96.3 Å². The molecule has 0 saturated heterocycles. The van der Waals surface area contributed by atoms with Gasteiger partial charge in [-0.1, -0.05) is 31.3 Å². The molecule has 30 heteroatoms. The number of carbonyl (C=O) groups excluding carboxylic acids is 2. The number of primary sulfonamides is 1. The van der Waals surface area contributed by atoms with Gasteiger partial charge in [-0.05, 0) is 80.4 Å². The van der Waals surface area contributed by atoms with E-state index in [1.807, 2.05) is 0 Å². The fourth-order valence-corrected chi connectivity index (χ4v) is 11.8. The fourth-order valence-electron chi connectivity index (χ4n) is 8.27. The number of carbonyl (C=O) groups is 2. The fraction of sp³-hybridized carbons (Fsp3) is 0.349. The Balaban J connectivity index is 1.42. The van der Waals surface area contributed by atoms with Crippen LogP contribution in [0.5, 0.6) is 0 Å². The molecule has 0 unspecified atom stereocenters. The molecule has 0 spiro atoms. The van der Waals surface area contributed by atoms with Crippen molar-refractivity contribution in [2.24, 2.45) is 17.2 Å². The summed E-state index contributed by atoms with van der Waals surface area (Å²) in [6.07, 6.45) is 7.36. The molecule has 0 radical (unpaired) electrons. The van der Waals surface area contributed by atoms with E-state index in [1.165, 1.54) is 61.8 Å². The third-order valence-corrected chi connectivity index (χ3v) is 17.4. The Morgan fingerprint density at radius 3 is 2.10 bits per heavy atom. The van der Waals surface area contributed by atoms with E-state index >= 15 is 0 Å². The Kier molecular flexibility index (Phi) is 16.2. The zero-order valence-corrected chi connectivity index (χ0v) is 44.4. The number of hydrogen-bond acceptors (Lipinski definition) is 17. The molecule has 0 aliphatic carbocycles. The largest absolute Gasteiger partial charge is 0.748 e. The minimum atomic E-state index is -4.66. The maximum Gasteiger partial charge on any atom is 0.294 e. The molecule has 2 aromatic heterocycles. The molecule has 6 N–H and O–H groups in total. The van der Waals surface area contributed by atoms with Crippen LogP contribution in [0.3, 0.4) is 0 Å². The zero-order chi connectivity index (χ0) is 54.3. The molecule has 73 heavy (non-hydrogen) atoms. The lowest BCUT2D eigenvalue weighted by Gasteiger charge is -2.27. The van der Waals surface area contributed by atoms with Gasteiger partial charge >= 0.3 is 0 Å². The Morgan fingerprint density at radius 1 is 0.877 bits per heavy atom. The van der Waals surface area contributed by atoms with Crippen molar-refractivity contribution < 1.29 is 74.5 Å². The second-order valence-corrected chi connectivity index (χ2v) is 26.4. The van der Waals surface area contributed by atoms with E-state index in [0.29, 0.717) is 50.8 Å². The molecule has 0 fully saturated rings. The highest BCUT2D eigenvalue weighted by Gasteiger charge is 2.45. The van der Waals surface area contributed by atoms with Crippen molar-refractivity contribution in [3.63, 3.8) is 0 Å². The van der Waals surface area contributed by atoms with Crippen molar-refractivity contribution in [2.45, 2.75) is 71.9 Å². The standard InChI is InChI=1S/C43H50N8O16S6/c1-42(2)31-24-29(72(62,63)64)11-14-34(31)50(20-6-22-69(54,55)56)36(42)16-9-27(10-17-37-43(3,4)32-25-30(73(65,66)67)12-15-35(32)51(37)21-7-23-70(57,58)59)33-13-8-28(26-46-33)39(53)45-19-18-38(52)47-40-49(5)48-41(68-40)71(44,60)61/h8-17,24-26H,6-7,18-23H2,1-5H3,(H6-,44,45,53,54,55,56,57,58,59,60,61,62,63,64,65,66,67). The third kappa shape index (κ3) is 13.6. The molecule has 2 aliphatic rings. The van der Waals surface area contributed by atoms with Gasteiger partial charge in [-0.2, -0.15) is 34.8 Å². The first-order valence-electron chi connectivity index (χ1n) is 21.6. The highest BCUT2D eigenvalue weighted by molar-refractivity contribution is 7.91. The number of nitrogens with two attached hydrogens (primary N) is 1. The van der Waals surface area contributed by atoms with Crippen molar-refractivity contribution in [1.82, 2.24) is 20.1 Å². The van der Waals surface area contributed by atoms with Crippen LogP contribution in [-0.2, 0) is 73.2 Å². The van der Waals surface area contributed by atoms with Gasteiger partial charge in [0.2, 0.25) is 20.7 Å². The summed E-state index contributed by atoms with van der Waals surface area (Å²) in [5, 5.41) is 11.4. The third-order valence-electron chi connectivity index (χ3n) is 11.8. The van der Waals surface area contributed by atoms with Crippen LogP contribution < -0.4 is 20.2 Å². The molecule has 24 nitrogen and oxygen atoms in total. The first-order chi connectivity index (χ1) is 33.6. The maximum absolute atomic E-state index is 13.3. The average Bonchev–Trinajstić information content (AvgIpc) is 3.82. The minimum Gasteiger partial charge on any atom is -0.748 e. The molecule has 0 bridgehead atoms. The lowest BCUT2D eigenvalue weighted by molar-refractivity contribution is -0.437. The van der Waals surface area contributed by atoms with Gasteiger partial charge in [0.15, 0.2) is 5.71 Å². The lowest BCUT2D eigenvalue weighted by atomic mass is 9.81. The van der Waals surface area contributed by atoms with Crippen LogP contribution in [0, 0.1) is 0 Å². The monoisotopic (exact) mass is 1130 g/mol. The van der Waals surface area contributed by atoms with Gasteiger partial charge in [-0.3, -0.25) is 28.2 Å². The first kappa shape index (κ1) is 56.6. The second kappa shape index (κ2) is 20.9. The molecule has 394 valence electrons. The topological polar surface area (TPSA) is 376 Å². The SMILES string of the molecule is Cn1nc(S(N)(=O)=O)sc1=NC(=O)CCNC(=O)c1ccc(C(C=CC2=[N+](CCCS(=O)(=O)[O-])c3ccc(S(=O)(=O)O)cc3C2(C)C)=CC=C2N(CCCS(=O)(=O)O)c3ccc(S(=O)(=O)O)cc3C2(C)C)nc1. The zero-order valence-electron chi connectivity index (χ0n) is 39.5. The van der Waals surface area contributed by atoms with Crippen molar-refractivity contribution in [1.29, 1.82) is 0 Å². The highest BCUT2D eigenvalue weighted by atomic mass is 32.3. The summed E-state index contributed by atoms with van der Waals surface area (Å²) >= 11 is 0.582. The number of aryl methyl sites for hydroxylation is 1. The summed E-state index contributed by atoms with van der Waals surface area (Å²) in [6.45, 7) is 6.87. The molecule has 0 atom stereocenters. The van der Waals surface area contributed by atoms with Gasteiger partial charge < -0.3 is 14.8 Å². The van der Waals surface area contributed by atoms with Gasteiger partial charge in [0.25, 0.3) is 46.3 Å². The maximum atomic E-state index is 13.3. The number of pyridine rings is 1. The predicted octanol–water partition coefficient (Wildman–Crippen LogP) is 2.18. The second-order valence-electron chi connectivity index (χ2n) is 17.8. The van der Waals surface area contributed by atoms with Crippen LogP contribution in [0.2, 0.25) is 0 Å². The highest BCUT2D eigenvalue weighted by Crippen LogP contribution is 2.49. The van der Waals surface area contributed by atoms with E-state index in [1.54, 1.807) is 61.5 Å². The predicted molar refractivity (Wildman–Crippen MR) is 265 cm³/mol. The number of sulfonamides is 1. The Hall–Kier alpha value is -5.67. The number of nitrogens with one attached hydrogen (secondary N) is 1. The van der Waals surface area contributed by atoms with Crippen molar-refractivity contribution in [3.05, 3.63) is 112 Å². The number of hydrogen-bond donors (Lipinski definition) is 5. The van der Waals surface area contributed by atoms with E-state index < -0.39 is 98.8 Å². The minimum absolute atomic E-state index is 0.0153. The lowest BCUT2D eigenvalue weighted by Crippen LogP contribution is -2.28. The van der Waals surface area contributed by atoms with Crippen LogP contribution >= 0.6 is 11.3 Å². The molecular weight excluding hydrogens is 1080 g/mol. The van der Waals surface area contributed by atoms with Gasteiger partial charge in [0, 0.05) is 85.0 Å². The van der Waals surface area contributed by atoms with Crippen molar-refractivity contribution in [2.75, 3.05) is 36.0 Å². The van der Waals surface area contributed by atoms with Gasteiger partial charge in [0.1, 0.15) is 6.54 Å². The molecule has 2 aliphatic heterocycles. The number of nitrogens with zero attached hydrogens (tertiary/aromatic N) is 6. The van der Waals surface area contributed by atoms with Crippen LogP contribution in [0.4, 0.5) is 11.4 Å². The summed E-state index contributed by atoms with van der Waals surface area (Å²) in [5.74, 6) is -2.65. The Bertz CT molecular complexity index is 3690. The molecule has 2 amide bonds. The number of benzene rings is 2. The van der Waals surface area contributed by atoms with E-state index in [2.05, 4.69) is 20.4 Å². The van der Waals surface area contributed by atoms with Gasteiger partial charge in [-0.15, -0.1) is 5.10 Å². The molecule has 2 aromatic carbocycles. The van der Waals surface area contributed by atoms with Crippen LogP contribution in [0.25, 0.3) is 5.57 Å². The van der Waals surface area contributed by atoms with Crippen LogP contribution in [0.1, 0.15) is 74.1 Å². The molecular formula is C43H50N8O16S6. The van der Waals surface area contributed by atoms with E-state index in [0.717, 1.165) is 4.68 Å².